The largest absolute Gasteiger partial charge is 0.507 e. The molecular formula is C35H26N4O2Pt. The third-order valence-electron chi connectivity index (χ3n) is 8.38. The molecule has 8 bridgehead atoms. The van der Waals surface area contributed by atoms with Crippen molar-refractivity contribution in [3.8, 4) is 45.6 Å². The topological polar surface area (TPSA) is 76.1 Å². The molecule has 208 valence electrons. The summed E-state index contributed by atoms with van der Waals surface area (Å²) in [4.78, 5) is 10.4. The minimum Gasteiger partial charge on any atom is -0.507 e. The Labute approximate surface area is 256 Å². The maximum absolute atomic E-state index is 11.9. The molecule has 1 aliphatic heterocycles. The molecule has 5 aromatic carbocycles. The Bertz CT molecular complexity index is 2000. The van der Waals surface area contributed by atoms with Gasteiger partial charge in [-0.05, 0) is 48.5 Å². The Morgan fingerprint density at radius 3 is 1.33 bits per heavy atom. The summed E-state index contributed by atoms with van der Waals surface area (Å²) < 4.78 is 4.18. The SMILES string of the molecule is CC1(C)c2cccc(c2O)-c2nc3c4nc(n(-c5ccccc5)c4ccc3n2-c2ccccc2)-c2cccc1c2O.[Pt]. The van der Waals surface area contributed by atoms with Crippen LogP contribution in [0.15, 0.2) is 109 Å². The molecule has 42 heavy (non-hydrogen) atoms. The molecule has 1 aliphatic rings. The van der Waals surface area contributed by atoms with Gasteiger partial charge in [-0.3, -0.25) is 9.13 Å². The van der Waals surface area contributed by atoms with Crippen LogP contribution < -0.4 is 0 Å². The number of hydrogen-bond donors (Lipinski definition) is 2. The van der Waals surface area contributed by atoms with E-state index in [4.69, 9.17) is 9.97 Å². The minimum atomic E-state index is -0.738. The third-order valence-corrected chi connectivity index (χ3v) is 8.38. The molecule has 0 saturated heterocycles. The summed E-state index contributed by atoms with van der Waals surface area (Å²) in [6, 6.07) is 35.8. The second-order valence-electron chi connectivity index (χ2n) is 11.0. The number of hydrogen-bond acceptors (Lipinski definition) is 4. The first-order valence-corrected chi connectivity index (χ1v) is 13.7. The number of phenols is 2. The van der Waals surface area contributed by atoms with Gasteiger partial charge >= 0.3 is 0 Å². The minimum absolute atomic E-state index is 0. The number of benzene rings is 5. The third kappa shape index (κ3) is 3.55. The van der Waals surface area contributed by atoms with Crippen LogP contribution in [-0.4, -0.2) is 29.3 Å². The van der Waals surface area contributed by atoms with Crippen molar-refractivity contribution in [2.75, 3.05) is 0 Å². The number of para-hydroxylation sites is 4. The van der Waals surface area contributed by atoms with Crippen LogP contribution in [-0.2, 0) is 26.5 Å². The summed E-state index contributed by atoms with van der Waals surface area (Å²) in [5.41, 5.74) is 6.95. The molecule has 2 aromatic heterocycles. The van der Waals surface area contributed by atoms with Crippen LogP contribution in [0.25, 0.3) is 56.2 Å². The summed E-state index contributed by atoms with van der Waals surface area (Å²) >= 11 is 0. The fourth-order valence-electron chi connectivity index (χ4n) is 6.32. The van der Waals surface area contributed by atoms with E-state index in [9.17, 15) is 10.2 Å². The van der Waals surface area contributed by atoms with Gasteiger partial charge in [0.1, 0.15) is 34.2 Å². The summed E-state index contributed by atoms with van der Waals surface area (Å²) in [5.74, 6) is 1.53. The van der Waals surface area contributed by atoms with E-state index in [1.54, 1.807) is 0 Å². The Kier molecular flexibility index (Phi) is 5.89. The van der Waals surface area contributed by atoms with E-state index in [1.165, 1.54) is 0 Å². The number of aromatic hydroxyl groups is 2. The molecule has 0 atom stereocenters. The summed E-state index contributed by atoms with van der Waals surface area (Å²) in [5, 5.41) is 23.7. The molecule has 0 fully saturated rings. The zero-order valence-corrected chi connectivity index (χ0v) is 25.2. The van der Waals surface area contributed by atoms with Gasteiger partial charge in [0.25, 0.3) is 0 Å². The Morgan fingerprint density at radius 1 is 0.524 bits per heavy atom. The molecule has 0 amide bonds. The van der Waals surface area contributed by atoms with Gasteiger partial charge in [-0.15, -0.1) is 0 Å². The second-order valence-corrected chi connectivity index (χ2v) is 11.0. The first kappa shape index (κ1) is 26.2. The van der Waals surface area contributed by atoms with Crippen molar-refractivity contribution in [1.82, 2.24) is 19.1 Å². The van der Waals surface area contributed by atoms with Gasteiger partial charge in [0.2, 0.25) is 0 Å². The fraction of sp³-hybridized carbons (Fsp3) is 0.0857. The monoisotopic (exact) mass is 729 g/mol. The smallest absolute Gasteiger partial charge is 0.149 e. The zero-order valence-electron chi connectivity index (χ0n) is 22.9. The predicted molar refractivity (Wildman–Crippen MR) is 162 cm³/mol. The Morgan fingerprint density at radius 2 is 0.929 bits per heavy atom. The number of fused-ring (bicyclic) bond motifs is 8. The van der Waals surface area contributed by atoms with Gasteiger partial charge in [-0.2, -0.15) is 0 Å². The van der Waals surface area contributed by atoms with Crippen LogP contribution in [0.4, 0.5) is 0 Å². The van der Waals surface area contributed by atoms with E-state index in [0.717, 1.165) is 33.4 Å². The summed E-state index contributed by atoms with van der Waals surface area (Å²) in [6.07, 6.45) is 0. The first-order chi connectivity index (χ1) is 19.9. The van der Waals surface area contributed by atoms with Crippen LogP contribution >= 0.6 is 0 Å². The number of rotatable bonds is 2. The molecule has 0 radical (unpaired) electrons. The molecule has 0 saturated carbocycles. The quantitative estimate of drug-likeness (QED) is 0.191. The molecule has 7 heteroatoms. The van der Waals surface area contributed by atoms with E-state index >= 15 is 0 Å². The standard InChI is InChI=1S/C35H26N4O2.Pt/c1-35(2)25-17-9-15-23(31(25)40)33-36-29-27(38(33)21-11-5-3-6-12-21)19-20-28-30(29)37-34(24-16-10-18-26(35)32(24)41)39(28)22-13-7-4-8-14-22;/h3-20,40-41H,1-2H3;. The van der Waals surface area contributed by atoms with Crippen molar-refractivity contribution < 1.29 is 31.3 Å². The van der Waals surface area contributed by atoms with Crippen molar-refractivity contribution in [3.63, 3.8) is 0 Å². The van der Waals surface area contributed by atoms with Gasteiger partial charge in [0, 0.05) is 49.0 Å². The molecule has 3 heterocycles. The van der Waals surface area contributed by atoms with E-state index < -0.39 is 5.41 Å². The Hall–Kier alpha value is -4.67. The van der Waals surface area contributed by atoms with Gasteiger partial charge in [-0.1, -0.05) is 74.5 Å². The van der Waals surface area contributed by atoms with Gasteiger partial charge in [0.15, 0.2) is 0 Å². The second kappa shape index (κ2) is 9.43. The molecule has 0 aliphatic carbocycles. The zero-order chi connectivity index (χ0) is 27.9. The maximum Gasteiger partial charge on any atom is 0.149 e. The maximum atomic E-state index is 11.9. The summed E-state index contributed by atoms with van der Waals surface area (Å²) in [7, 11) is 0. The van der Waals surface area contributed by atoms with Crippen LogP contribution in [0.5, 0.6) is 11.5 Å². The van der Waals surface area contributed by atoms with Crippen LogP contribution in [0, 0.1) is 0 Å². The molecule has 0 unspecified atom stereocenters. The Balaban J connectivity index is 0.00000288. The van der Waals surface area contributed by atoms with Gasteiger partial charge in [0.05, 0.1) is 22.2 Å². The van der Waals surface area contributed by atoms with Crippen molar-refractivity contribution in [1.29, 1.82) is 0 Å². The first-order valence-electron chi connectivity index (χ1n) is 13.7. The van der Waals surface area contributed by atoms with Crippen LogP contribution in [0.3, 0.4) is 0 Å². The molecule has 2 N–H and O–H groups in total. The molecule has 6 nitrogen and oxygen atoms in total. The van der Waals surface area contributed by atoms with E-state index in [1.807, 2.05) is 111 Å². The number of nitrogens with zero attached hydrogens (tertiary/aromatic N) is 4. The fourth-order valence-corrected chi connectivity index (χ4v) is 6.32. The molecule has 8 rings (SSSR count). The molecule has 0 spiro atoms. The van der Waals surface area contributed by atoms with E-state index in [2.05, 4.69) is 21.3 Å². The number of imidazole rings is 2. The van der Waals surface area contributed by atoms with Crippen molar-refractivity contribution in [3.05, 3.63) is 120 Å². The van der Waals surface area contributed by atoms with Crippen LogP contribution in [0.1, 0.15) is 25.0 Å². The average molecular weight is 730 g/mol. The average Bonchev–Trinajstić information content (AvgIpc) is 3.57. The van der Waals surface area contributed by atoms with Gasteiger partial charge < -0.3 is 10.2 Å². The molecule has 7 aromatic rings. The van der Waals surface area contributed by atoms with E-state index in [0.29, 0.717) is 33.9 Å². The normalized spacial score (nSPS) is 13.2. The van der Waals surface area contributed by atoms with Crippen molar-refractivity contribution in [2.45, 2.75) is 19.3 Å². The number of aromatic nitrogens is 4. The van der Waals surface area contributed by atoms with Crippen molar-refractivity contribution >= 4 is 22.1 Å². The van der Waals surface area contributed by atoms with Crippen LogP contribution in [0.2, 0.25) is 0 Å². The van der Waals surface area contributed by atoms with Crippen molar-refractivity contribution in [2.24, 2.45) is 0 Å². The van der Waals surface area contributed by atoms with E-state index in [-0.39, 0.29) is 32.6 Å². The summed E-state index contributed by atoms with van der Waals surface area (Å²) in [6.45, 7) is 4.04. The molecular weight excluding hydrogens is 703 g/mol. The van der Waals surface area contributed by atoms with Gasteiger partial charge in [-0.25, -0.2) is 9.97 Å². The number of phenolic OH excluding ortho intramolecular Hbond substituents is 2. The predicted octanol–water partition coefficient (Wildman–Crippen LogP) is 7.75.